The van der Waals surface area contributed by atoms with Crippen molar-refractivity contribution in [3.63, 3.8) is 0 Å². The zero-order chi connectivity index (χ0) is 16.4. The highest BCUT2D eigenvalue weighted by molar-refractivity contribution is 5.81. The van der Waals surface area contributed by atoms with Crippen LogP contribution in [-0.4, -0.2) is 34.6 Å². The molecule has 3 rings (SSSR count). The van der Waals surface area contributed by atoms with Gasteiger partial charge in [-0.3, -0.25) is 4.79 Å². The summed E-state index contributed by atoms with van der Waals surface area (Å²) >= 11 is 0. The van der Waals surface area contributed by atoms with Gasteiger partial charge in [-0.25, -0.2) is 4.98 Å². The second kappa shape index (κ2) is 6.60. The molecule has 5 heteroatoms. The van der Waals surface area contributed by atoms with Gasteiger partial charge in [0.15, 0.2) is 0 Å². The van der Waals surface area contributed by atoms with Crippen LogP contribution in [0, 0.1) is 5.92 Å². The minimum atomic E-state index is 0.0521. The van der Waals surface area contributed by atoms with Crippen LogP contribution in [-0.2, 0) is 11.3 Å². The Balaban J connectivity index is 1.85. The van der Waals surface area contributed by atoms with Crippen molar-refractivity contribution in [1.29, 1.82) is 0 Å². The van der Waals surface area contributed by atoms with Crippen molar-refractivity contribution in [3.8, 4) is 0 Å². The first-order valence-corrected chi connectivity index (χ1v) is 8.60. The standard InChI is InChI=1S/C18H26N4O/c1-4-22-16-10-6-5-9-15(16)20-18(22)21-11-7-8-14(12-21)17(23)19-13(2)3/h5-6,9-10,13-14H,4,7-8,11-12H2,1-3H3,(H,19,23)/t14-/m1/s1. The number of carbonyl (C=O) groups excluding carboxylic acids is 1. The fourth-order valence-corrected chi connectivity index (χ4v) is 3.39. The number of aromatic nitrogens is 2. The van der Waals surface area contributed by atoms with Crippen LogP contribution >= 0.6 is 0 Å². The van der Waals surface area contributed by atoms with E-state index in [4.69, 9.17) is 4.98 Å². The monoisotopic (exact) mass is 314 g/mol. The van der Waals surface area contributed by atoms with Gasteiger partial charge in [-0.1, -0.05) is 12.1 Å². The number of rotatable bonds is 4. The molecule has 2 aromatic rings. The van der Waals surface area contributed by atoms with E-state index in [9.17, 15) is 4.79 Å². The zero-order valence-electron chi connectivity index (χ0n) is 14.2. The van der Waals surface area contributed by atoms with Crippen molar-refractivity contribution >= 4 is 22.9 Å². The molecule has 0 unspecified atom stereocenters. The molecule has 124 valence electrons. The maximum absolute atomic E-state index is 12.3. The van der Waals surface area contributed by atoms with Gasteiger partial charge >= 0.3 is 0 Å². The van der Waals surface area contributed by atoms with Gasteiger partial charge < -0.3 is 14.8 Å². The third kappa shape index (κ3) is 3.19. The molecule has 1 fully saturated rings. The van der Waals surface area contributed by atoms with Crippen LogP contribution in [0.1, 0.15) is 33.6 Å². The number of nitrogens with one attached hydrogen (secondary N) is 1. The topological polar surface area (TPSA) is 50.2 Å². The molecule has 23 heavy (non-hydrogen) atoms. The van der Waals surface area contributed by atoms with Crippen molar-refractivity contribution in [2.24, 2.45) is 5.92 Å². The number of amides is 1. The summed E-state index contributed by atoms with van der Waals surface area (Å²) in [4.78, 5) is 19.4. The first-order valence-electron chi connectivity index (χ1n) is 8.60. The number of anilines is 1. The number of benzene rings is 1. The van der Waals surface area contributed by atoms with Gasteiger partial charge in [-0.15, -0.1) is 0 Å². The predicted octanol–water partition coefficient (Wildman–Crippen LogP) is 2.80. The van der Waals surface area contributed by atoms with Crippen molar-refractivity contribution in [2.45, 2.75) is 46.2 Å². The van der Waals surface area contributed by atoms with E-state index in [-0.39, 0.29) is 17.9 Å². The van der Waals surface area contributed by atoms with Crippen LogP contribution in [0.15, 0.2) is 24.3 Å². The van der Waals surface area contributed by atoms with Crippen LogP contribution in [0.3, 0.4) is 0 Å². The Labute approximate surface area is 137 Å². The van der Waals surface area contributed by atoms with Gasteiger partial charge in [-0.05, 0) is 45.7 Å². The third-order valence-electron chi connectivity index (χ3n) is 4.46. The lowest BCUT2D eigenvalue weighted by Gasteiger charge is -2.33. The van der Waals surface area contributed by atoms with Crippen molar-refractivity contribution in [1.82, 2.24) is 14.9 Å². The van der Waals surface area contributed by atoms with Gasteiger partial charge in [0.1, 0.15) is 0 Å². The Hall–Kier alpha value is -2.04. The molecular weight excluding hydrogens is 288 g/mol. The summed E-state index contributed by atoms with van der Waals surface area (Å²) in [6.07, 6.45) is 1.99. The molecule has 1 aromatic heterocycles. The number of hydrogen-bond donors (Lipinski definition) is 1. The minimum absolute atomic E-state index is 0.0521. The Morgan fingerprint density at radius 1 is 1.39 bits per heavy atom. The number of piperidine rings is 1. The largest absolute Gasteiger partial charge is 0.354 e. The minimum Gasteiger partial charge on any atom is -0.354 e. The molecule has 1 atom stereocenters. The molecule has 1 aliphatic heterocycles. The average molecular weight is 314 g/mol. The molecule has 1 saturated heterocycles. The first-order chi connectivity index (χ1) is 11.1. The van der Waals surface area contributed by atoms with Crippen LogP contribution < -0.4 is 10.2 Å². The number of carbonyl (C=O) groups is 1. The fourth-order valence-electron chi connectivity index (χ4n) is 3.39. The summed E-state index contributed by atoms with van der Waals surface area (Å²) in [6.45, 7) is 8.76. The molecule has 1 aliphatic rings. The van der Waals surface area contributed by atoms with E-state index < -0.39 is 0 Å². The fraction of sp³-hybridized carbons (Fsp3) is 0.556. The highest BCUT2D eigenvalue weighted by Crippen LogP contribution is 2.27. The van der Waals surface area contributed by atoms with Gasteiger partial charge in [0.25, 0.3) is 0 Å². The quantitative estimate of drug-likeness (QED) is 0.944. The van der Waals surface area contributed by atoms with Gasteiger partial charge in [0.2, 0.25) is 11.9 Å². The summed E-state index contributed by atoms with van der Waals surface area (Å²) in [5, 5.41) is 3.05. The van der Waals surface area contributed by atoms with Crippen molar-refractivity contribution in [2.75, 3.05) is 18.0 Å². The molecular formula is C18H26N4O. The van der Waals surface area contributed by atoms with E-state index in [2.05, 4.69) is 39.9 Å². The summed E-state index contributed by atoms with van der Waals surface area (Å²) in [5.41, 5.74) is 2.19. The van der Waals surface area contributed by atoms with Crippen LogP contribution in [0.25, 0.3) is 11.0 Å². The highest BCUT2D eigenvalue weighted by atomic mass is 16.2. The van der Waals surface area contributed by atoms with Gasteiger partial charge in [0.05, 0.1) is 17.0 Å². The molecule has 1 N–H and O–H groups in total. The molecule has 0 spiro atoms. The third-order valence-corrected chi connectivity index (χ3v) is 4.46. The molecule has 1 aromatic carbocycles. The lowest BCUT2D eigenvalue weighted by Crippen LogP contribution is -2.45. The lowest BCUT2D eigenvalue weighted by atomic mass is 9.97. The van der Waals surface area contributed by atoms with Gasteiger partial charge in [-0.2, -0.15) is 0 Å². The van der Waals surface area contributed by atoms with Crippen LogP contribution in [0.4, 0.5) is 5.95 Å². The average Bonchev–Trinajstić information content (AvgIpc) is 2.93. The number of imidazole rings is 1. The second-order valence-corrected chi connectivity index (χ2v) is 6.59. The maximum Gasteiger partial charge on any atom is 0.225 e. The SMILES string of the molecule is CCn1c(N2CCC[C@@H](C(=O)NC(C)C)C2)nc2ccccc21. The van der Waals surface area contributed by atoms with E-state index in [0.29, 0.717) is 0 Å². The van der Waals surface area contributed by atoms with E-state index >= 15 is 0 Å². The summed E-state index contributed by atoms with van der Waals surface area (Å²) < 4.78 is 2.25. The number of nitrogens with zero attached hydrogens (tertiary/aromatic N) is 3. The first kappa shape index (κ1) is 15.8. The molecule has 1 amide bonds. The van der Waals surface area contributed by atoms with Gasteiger partial charge in [0, 0.05) is 25.7 Å². The van der Waals surface area contributed by atoms with Crippen LogP contribution in [0.2, 0.25) is 0 Å². The smallest absolute Gasteiger partial charge is 0.225 e. The van der Waals surface area contributed by atoms with Crippen molar-refractivity contribution < 1.29 is 4.79 Å². The zero-order valence-corrected chi connectivity index (χ0v) is 14.2. The Morgan fingerprint density at radius 2 is 2.17 bits per heavy atom. The molecule has 0 bridgehead atoms. The maximum atomic E-state index is 12.3. The van der Waals surface area contributed by atoms with Crippen molar-refractivity contribution in [3.05, 3.63) is 24.3 Å². The highest BCUT2D eigenvalue weighted by Gasteiger charge is 2.28. The summed E-state index contributed by atoms with van der Waals surface area (Å²) in [5.74, 6) is 1.22. The van der Waals surface area contributed by atoms with E-state index in [1.54, 1.807) is 0 Å². The number of fused-ring (bicyclic) bond motifs is 1. The Bertz CT molecular complexity index is 691. The number of aryl methyl sites for hydroxylation is 1. The Kier molecular flexibility index (Phi) is 4.55. The van der Waals surface area contributed by atoms with E-state index in [0.717, 1.165) is 43.9 Å². The second-order valence-electron chi connectivity index (χ2n) is 6.59. The van der Waals surface area contributed by atoms with E-state index in [1.165, 1.54) is 5.52 Å². The lowest BCUT2D eigenvalue weighted by molar-refractivity contribution is -0.125. The molecule has 0 aliphatic carbocycles. The predicted molar refractivity (Wildman–Crippen MR) is 93.6 cm³/mol. The number of hydrogen-bond acceptors (Lipinski definition) is 3. The molecule has 5 nitrogen and oxygen atoms in total. The molecule has 0 radical (unpaired) electrons. The molecule has 2 heterocycles. The summed E-state index contributed by atoms with van der Waals surface area (Å²) in [7, 11) is 0. The normalized spacial score (nSPS) is 18.6. The Morgan fingerprint density at radius 3 is 2.91 bits per heavy atom. The number of para-hydroxylation sites is 2. The van der Waals surface area contributed by atoms with E-state index in [1.807, 2.05) is 19.9 Å². The molecule has 0 saturated carbocycles. The van der Waals surface area contributed by atoms with Crippen LogP contribution in [0.5, 0.6) is 0 Å². The summed E-state index contributed by atoms with van der Waals surface area (Å²) in [6, 6.07) is 8.43.